The fourth-order valence-electron chi connectivity index (χ4n) is 4.68. The molecule has 3 aromatic rings. The van der Waals surface area contributed by atoms with Crippen molar-refractivity contribution in [3.05, 3.63) is 53.5 Å². The quantitative estimate of drug-likeness (QED) is 0.527. The predicted octanol–water partition coefficient (Wildman–Crippen LogP) is 2.98. The summed E-state index contributed by atoms with van der Waals surface area (Å²) in [4.78, 5) is 10.4. The number of aromatic nitrogens is 2. The summed E-state index contributed by atoms with van der Waals surface area (Å²) < 4.78 is 45.3. The number of fused-ring (bicyclic) bond motifs is 2. The summed E-state index contributed by atoms with van der Waals surface area (Å²) in [5.74, 6) is 0.357. The van der Waals surface area contributed by atoms with E-state index in [2.05, 4.69) is 20.2 Å². The monoisotopic (exact) mass is 486 g/mol. The first-order valence-corrected chi connectivity index (χ1v) is 11.7. The number of aliphatic hydroxyl groups is 1. The van der Waals surface area contributed by atoms with Crippen LogP contribution in [0, 0.1) is 11.6 Å². The van der Waals surface area contributed by atoms with Crippen molar-refractivity contribution < 1.29 is 28.1 Å². The maximum absolute atomic E-state index is 14.7. The van der Waals surface area contributed by atoms with Gasteiger partial charge in [0.15, 0.2) is 17.3 Å². The van der Waals surface area contributed by atoms with Crippen LogP contribution in [0.5, 0.6) is 17.2 Å². The van der Waals surface area contributed by atoms with Crippen molar-refractivity contribution in [2.45, 2.75) is 31.5 Å². The normalized spacial score (nSPS) is 17.5. The third-order valence-electron chi connectivity index (χ3n) is 6.54. The number of rotatable bonds is 7. The van der Waals surface area contributed by atoms with Crippen LogP contribution in [-0.4, -0.2) is 66.0 Å². The standard InChI is InChI=1S/C25H28F2N4O4/c1-33-17-9-18-24(20(27)12-30-25(18)19(26)10-17)21(32)14-31-4-2-15(3-5-31)28-11-16-8-22-23(13-29-16)35-7-6-34-22/h8-10,12-13,15,21,28,32H,2-7,11,14H2,1H3. The van der Waals surface area contributed by atoms with Crippen LogP contribution in [0.4, 0.5) is 8.78 Å². The van der Waals surface area contributed by atoms with Gasteiger partial charge in [-0.2, -0.15) is 0 Å². The van der Waals surface area contributed by atoms with Gasteiger partial charge in [0.25, 0.3) is 0 Å². The minimum Gasteiger partial charge on any atom is -0.497 e. The maximum atomic E-state index is 14.7. The molecule has 1 aromatic carbocycles. The lowest BCUT2D eigenvalue weighted by Gasteiger charge is -2.33. The lowest BCUT2D eigenvalue weighted by atomic mass is 10.00. The summed E-state index contributed by atoms with van der Waals surface area (Å²) in [6.45, 7) is 3.42. The van der Waals surface area contributed by atoms with Gasteiger partial charge in [-0.15, -0.1) is 0 Å². The van der Waals surface area contributed by atoms with E-state index in [1.54, 1.807) is 6.20 Å². The van der Waals surface area contributed by atoms with Gasteiger partial charge in [0.2, 0.25) is 0 Å². The molecule has 5 rings (SSSR count). The van der Waals surface area contributed by atoms with Crippen LogP contribution < -0.4 is 19.5 Å². The first-order valence-electron chi connectivity index (χ1n) is 11.7. The van der Waals surface area contributed by atoms with E-state index in [0.29, 0.717) is 31.5 Å². The molecule has 2 N–H and O–H groups in total. The number of β-amino-alcohol motifs (C(OH)–C–C–N with tert-alkyl or cyclic N) is 1. The molecule has 2 aliphatic heterocycles. The number of benzene rings is 1. The van der Waals surface area contributed by atoms with Crippen molar-refractivity contribution in [1.29, 1.82) is 0 Å². The van der Waals surface area contributed by atoms with Crippen LogP contribution in [0.2, 0.25) is 0 Å². The summed E-state index contributed by atoms with van der Waals surface area (Å²) in [7, 11) is 1.41. The smallest absolute Gasteiger partial charge is 0.179 e. The van der Waals surface area contributed by atoms with Gasteiger partial charge < -0.3 is 29.5 Å². The zero-order valence-corrected chi connectivity index (χ0v) is 19.5. The number of likely N-dealkylation sites (tertiary alicyclic amines) is 1. The van der Waals surface area contributed by atoms with Gasteiger partial charge >= 0.3 is 0 Å². The van der Waals surface area contributed by atoms with E-state index < -0.39 is 17.7 Å². The van der Waals surface area contributed by atoms with Crippen molar-refractivity contribution in [2.24, 2.45) is 0 Å². The fourth-order valence-corrected chi connectivity index (χ4v) is 4.68. The molecule has 0 radical (unpaired) electrons. The maximum Gasteiger partial charge on any atom is 0.179 e. The highest BCUT2D eigenvalue weighted by Gasteiger charge is 2.25. The van der Waals surface area contributed by atoms with Gasteiger partial charge in [0, 0.05) is 42.2 Å². The molecule has 2 aliphatic rings. The average Bonchev–Trinajstić information content (AvgIpc) is 2.87. The Morgan fingerprint density at radius 2 is 1.86 bits per heavy atom. The first kappa shape index (κ1) is 23.7. The molecule has 0 amide bonds. The second-order valence-corrected chi connectivity index (χ2v) is 8.82. The number of nitrogens with zero attached hydrogens (tertiary/aromatic N) is 3. The SMILES string of the molecule is COc1cc(F)c2ncc(F)c(C(O)CN3CCC(NCc4cc5c(cn4)OCCO5)CC3)c2c1. The van der Waals surface area contributed by atoms with Gasteiger partial charge in [-0.3, -0.25) is 9.97 Å². The predicted molar refractivity (Wildman–Crippen MR) is 125 cm³/mol. The summed E-state index contributed by atoms with van der Waals surface area (Å²) in [6.07, 6.45) is 3.27. The van der Waals surface area contributed by atoms with Gasteiger partial charge in [-0.05, 0) is 32.0 Å². The van der Waals surface area contributed by atoms with Crippen molar-refractivity contribution in [2.75, 3.05) is 40.0 Å². The van der Waals surface area contributed by atoms with Crippen molar-refractivity contribution >= 4 is 10.9 Å². The van der Waals surface area contributed by atoms with E-state index in [9.17, 15) is 13.9 Å². The number of pyridine rings is 2. The van der Waals surface area contributed by atoms with Crippen LogP contribution in [0.1, 0.15) is 30.2 Å². The van der Waals surface area contributed by atoms with Crippen LogP contribution in [-0.2, 0) is 6.54 Å². The molecule has 0 saturated carbocycles. The fraction of sp³-hybridized carbons (Fsp3) is 0.440. The first-order chi connectivity index (χ1) is 17.0. The van der Waals surface area contributed by atoms with Crippen molar-refractivity contribution in [3.8, 4) is 17.2 Å². The summed E-state index contributed by atoms with van der Waals surface area (Å²) >= 11 is 0. The van der Waals surface area contributed by atoms with E-state index in [1.165, 1.54) is 19.2 Å². The van der Waals surface area contributed by atoms with Crippen LogP contribution in [0.25, 0.3) is 10.9 Å². The van der Waals surface area contributed by atoms with Crippen LogP contribution >= 0.6 is 0 Å². The number of nitrogens with one attached hydrogen (secondary N) is 1. The zero-order chi connectivity index (χ0) is 24.4. The molecular weight excluding hydrogens is 458 g/mol. The van der Waals surface area contributed by atoms with E-state index in [-0.39, 0.29) is 28.8 Å². The molecule has 0 spiro atoms. The minimum atomic E-state index is -1.13. The summed E-state index contributed by atoms with van der Waals surface area (Å²) in [5, 5.41) is 14.7. The number of halogens is 2. The molecule has 1 fully saturated rings. The Morgan fingerprint density at radius 3 is 2.63 bits per heavy atom. The van der Waals surface area contributed by atoms with Gasteiger partial charge in [-0.1, -0.05) is 0 Å². The van der Waals surface area contributed by atoms with E-state index in [0.717, 1.165) is 43.6 Å². The molecule has 0 aliphatic carbocycles. The lowest BCUT2D eigenvalue weighted by Crippen LogP contribution is -2.43. The molecule has 1 unspecified atom stereocenters. The second-order valence-electron chi connectivity index (χ2n) is 8.82. The molecule has 10 heteroatoms. The van der Waals surface area contributed by atoms with Gasteiger partial charge in [-0.25, -0.2) is 8.78 Å². The Hall–Kier alpha value is -3.08. The Morgan fingerprint density at radius 1 is 1.09 bits per heavy atom. The van der Waals surface area contributed by atoms with E-state index in [1.807, 2.05) is 6.07 Å². The largest absolute Gasteiger partial charge is 0.497 e. The number of piperidine rings is 1. The molecular formula is C25H28F2N4O4. The number of methoxy groups -OCH3 is 1. The number of hydrogen-bond donors (Lipinski definition) is 2. The van der Waals surface area contributed by atoms with Crippen molar-refractivity contribution in [3.63, 3.8) is 0 Å². The third-order valence-corrected chi connectivity index (χ3v) is 6.54. The highest BCUT2D eigenvalue weighted by molar-refractivity contribution is 5.84. The third kappa shape index (κ3) is 5.14. The number of hydrogen-bond acceptors (Lipinski definition) is 8. The van der Waals surface area contributed by atoms with Crippen LogP contribution in [0.3, 0.4) is 0 Å². The Bertz CT molecular complexity index is 1200. The lowest BCUT2D eigenvalue weighted by molar-refractivity contribution is 0.0925. The van der Waals surface area contributed by atoms with Crippen molar-refractivity contribution in [1.82, 2.24) is 20.2 Å². The molecule has 35 heavy (non-hydrogen) atoms. The van der Waals surface area contributed by atoms with Gasteiger partial charge in [0.1, 0.15) is 30.3 Å². The topological polar surface area (TPSA) is 89.0 Å². The molecule has 8 nitrogen and oxygen atoms in total. The average molecular weight is 487 g/mol. The highest BCUT2D eigenvalue weighted by atomic mass is 19.1. The Balaban J connectivity index is 1.18. The molecule has 1 saturated heterocycles. The molecule has 4 heterocycles. The van der Waals surface area contributed by atoms with E-state index >= 15 is 0 Å². The van der Waals surface area contributed by atoms with Gasteiger partial charge in [0.05, 0.1) is 31.3 Å². The second kappa shape index (κ2) is 10.3. The summed E-state index contributed by atoms with van der Waals surface area (Å²) in [5.41, 5.74) is 0.935. The molecule has 1 atom stereocenters. The summed E-state index contributed by atoms with van der Waals surface area (Å²) in [6, 6.07) is 4.91. The molecule has 186 valence electrons. The van der Waals surface area contributed by atoms with Crippen LogP contribution in [0.15, 0.2) is 30.6 Å². The van der Waals surface area contributed by atoms with E-state index in [4.69, 9.17) is 14.2 Å². The Labute approximate surface area is 201 Å². The minimum absolute atomic E-state index is 0.0110. The molecule has 2 aromatic heterocycles. The highest BCUT2D eigenvalue weighted by Crippen LogP contribution is 2.32. The Kier molecular flexibility index (Phi) is 6.94. The molecule has 0 bridgehead atoms. The number of ether oxygens (including phenoxy) is 3. The number of aliphatic hydroxyl groups excluding tert-OH is 1. The zero-order valence-electron chi connectivity index (χ0n) is 19.5.